The van der Waals surface area contributed by atoms with E-state index in [1.807, 2.05) is 9.97 Å². The number of nitrogens with one attached hydrogen (secondary N) is 3. The van der Waals surface area contributed by atoms with E-state index in [0.717, 1.165) is 6.21 Å². The molecule has 9 nitrogen and oxygen atoms in total. The van der Waals surface area contributed by atoms with Crippen LogP contribution in [0, 0.1) is 0 Å². The van der Waals surface area contributed by atoms with Crippen molar-refractivity contribution in [3.63, 3.8) is 0 Å². The van der Waals surface area contributed by atoms with E-state index in [0.29, 0.717) is 0 Å². The fourth-order valence-electron chi connectivity index (χ4n) is 0.991. The van der Waals surface area contributed by atoms with Gasteiger partial charge < -0.3 is 5.11 Å². The van der Waals surface area contributed by atoms with Crippen molar-refractivity contribution in [1.82, 2.24) is 25.1 Å². The van der Waals surface area contributed by atoms with Crippen LogP contribution in [-0.4, -0.2) is 36.5 Å². The first-order chi connectivity index (χ1) is 7.66. The number of H-pyrrole nitrogens is 3. The summed E-state index contributed by atoms with van der Waals surface area (Å²) in [5, 5.41) is 15.3. The lowest BCUT2D eigenvalue weighted by molar-refractivity contribution is 0.447. The summed E-state index contributed by atoms with van der Waals surface area (Å²) in [4.78, 5) is 33.4. The number of hydrogen-bond donors (Lipinski definition) is 4. The van der Waals surface area contributed by atoms with Gasteiger partial charge >= 0.3 is 5.69 Å². The summed E-state index contributed by atoms with van der Waals surface area (Å²) >= 11 is 0. The molecule has 0 aliphatic carbocycles. The van der Waals surface area contributed by atoms with Crippen LogP contribution in [0.1, 0.15) is 5.56 Å². The molecule has 2 aromatic rings. The summed E-state index contributed by atoms with van der Waals surface area (Å²) in [6.07, 6.45) is 2.30. The lowest BCUT2D eigenvalue weighted by atomic mass is 10.3. The lowest BCUT2D eigenvalue weighted by Gasteiger charge is -1.94. The standard InChI is InChI=1S/C7H6N6O3/c14-4-3(5(15)12-7(16)11-4)1-8-6-9-2-10-13-6/h1-2H,(H,9,10,13)(H3,11,12,14,15,16)/b8-1+. The van der Waals surface area contributed by atoms with Gasteiger partial charge in [-0.3, -0.25) is 14.8 Å². The first-order valence-corrected chi connectivity index (χ1v) is 4.12. The Hall–Kier alpha value is -2.71. The number of aromatic nitrogens is 5. The first-order valence-electron chi connectivity index (χ1n) is 4.12. The molecule has 0 saturated heterocycles. The highest BCUT2D eigenvalue weighted by atomic mass is 16.3. The summed E-state index contributed by atoms with van der Waals surface area (Å²) < 4.78 is 0. The molecule has 16 heavy (non-hydrogen) atoms. The van der Waals surface area contributed by atoms with Crippen LogP contribution < -0.4 is 11.2 Å². The van der Waals surface area contributed by atoms with E-state index < -0.39 is 17.1 Å². The third-order valence-corrected chi connectivity index (χ3v) is 1.68. The van der Waals surface area contributed by atoms with Crippen LogP contribution in [-0.2, 0) is 0 Å². The third-order valence-electron chi connectivity index (χ3n) is 1.68. The Morgan fingerprint density at radius 1 is 1.38 bits per heavy atom. The smallest absolute Gasteiger partial charge is 0.328 e. The molecule has 0 fully saturated rings. The van der Waals surface area contributed by atoms with Crippen molar-refractivity contribution in [2.75, 3.05) is 0 Å². The molecule has 0 atom stereocenters. The monoisotopic (exact) mass is 222 g/mol. The Bertz CT molecular complexity index is 622. The Morgan fingerprint density at radius 3 is 2.81 bits per heavy atom. The fourth-order valence-corrected chi connectivity index (χ4v) is 0.991. The maximum atomic E-state index is 11.2. The van der Waals surface area contributed by atoms with Crippen LogP contribution in [0.5, 0.6) is 5.88 Å². The zero-order chi connectivity index (χ0) is 11.5. The summed E-state index contributed by atoms with van der Waals surface area (Å²) in [6.45, 7) is 0. The van der Waals surface area contributed by atoms with Crippen molar-refractivity contribution in [2.45, 2.75) is 0 Å². The molecule has 0 amide bonds. The summed E-state index contributed by atoms with van der Waals surface area (Å²) in [6, 6.07) is 0. The van der Waals surface area contributed by atoms with E-state index >= 15 is 0 Å². The summed E-state index contributed by atoms with van der Waals surface area (Å²) in [5.41, 5.74) is -1.71. The van der Waals surface area contributed by atoms with E-state index in [2.05, 4.69) is 20.2 Å². The molecule has 2 rings (SSSR count). The number of aromatic amines is 3. The number of hydrogen-bond acceptors (Lipinski definition) is 6. The zero-order valence-corrected chi connectivity index (χ0v) is 7.76. The molecule has 9 heteroatoms. The minimum Gasteiger partial charge on any atom is -0.494 e. The van der Waals surface area contributed by atoms with E-state index in [4.69, 9.17) is 0 Å². The Morgan fingerprint density at radius 2 is 2.19 bits per heavy atom. The van der Waals surface area contributed by atoms with Crippen molar-refractivity contribution in [1.29, 1.82) is 0 Å². The van der Waals surface area contributed by atoms with Gasteiger partial charge in [-0.1, -0.05) is 0 Å². The molecular formula is C7H6N6O3. The highest BCUT2D eigenvalue weighted by Crippen LogP contribution is 2.04. The average Bonchev–Trinajstić information content (AvgIpc) is 2.68. The Kier molecular flexibility index (Phi) is 2.34. The van der Waals surface area contributed by atoms with Gasteiger partial charge in [-0.05, 0) is 0 Å². The second-order valence-corrected chi connectivity index (χ2v) is 2.74. The molecule has 0 aliphatic rings. The highest BCUT2D eigenvalue weighted by Gasteiger charge is 2.05. The molecule has 0 aromatic carbocycles. The summed E-state index contributed by atoms with van der Waals surface area (Å²) in [5.74, 6) is -0.387. The minimum absolute atomic E-state index is 0.170. The minimum atomic E-state index is -0.792. The Balaban J connectivity index is 2.43. The van der Waals surface area contributed by atoms with E-state index in [1.165, 1.54) is 6.33 Å². The topological polar surface area (TPSA) is 140 Å². The van der Waals surface area contributed by atoms with Gasteiger partial charge in [0.05, 0.1) is 0 Å². The molecule has 2 aromatic heterocycles. The van der Waals surface area contributed by atoms with Gasteiger partial charge in [0.15, 0.2) is 0 Å². The Labute approximate surface area is 86.9 Å². The molecule has 0 aliphatic heterocycles. The van der Waals surface area contributed by atoms with Gasteiger partial charge in [0.2, 0.25) is 11.8 Å². The van der Waals surface area contributed by atoms with Crippen LogP contribution >= 0.6 is 0 Å². The normalized spacial score (nSPS) is 11.0. The molecule has 0 unspecified atom stereocenters. The summed E-state index contributed by atoms with van der Waals surface area (Å²) in [7, 11) is 0. The quantitative estimate of drug-likeness (QED) is 0.464. The molecule has 2 heterocycles. The van der Waals surface area contributed by atoms with Gasteiger partial charge in [-0.2, -0.15) is 10.1 Å². The fraction of sp³-hybridized carbons (Fsp3) is 0. The average molecular weight is 222 g/mol. The predicted molar refractivity (Wildman–Crippen MR) is 53.0 cm³/mol. The van der Waals surface area contributed by atoms with Crippen LogP contribution in [0.25, 0.3) is 0 Å². The molecule has 0 saturated carbocycles. The molecule has 82 valence electrons. The van der Waals surface area contributed by atoms with Crippen molar-refractivity contribution in [2.24, 2.45) is 4.99 Å². The molecule has 4 N–H and O–H groups in total. The number of aliphatic imine (C=N–C) groups is 1. The second kappa shape index (κ2) is 3.81. The van der Waals surface area contributed by atoms with E-state index in [1.54, 1.807) is 0 Å². The van der Waals surface area contributed by atoms with Crippen molar-refractivity contribution in [3.8, 4) is 5.88 Å². The molecule has 0 radical (unpaired) electrons. The van der Waals surface area contributed by atoms with Gasteiger partial charge in [0.25, 0.3) is 5.56 Å². The third kappa shape index (κ3) is 1.87. The number of aromatic hydroxyl groups is 1. The van der Waals surface area contributed by atoms with Gasteiger partial charge in [0, 0.05) is 6.21 Å². The van der Waals surface area contributed by atoms with Gasteiger partial charge in [-0.15, -0.1) is 0 Å². The van der Waals surface area contributed by atoms with Crippen LogP contribution in [0.4, 0.5) is 5.95 Å². The van der Waals surface area contributed by atoms with Gasteiger partial charge in [0.1, 0.15) is 11.9 Å². The predicted octanol–water partition coefficient (Wildman–Crippen LogP) is -1.36. The van der Waals surface area contributed by atoms with Gasteiger partial charge in [-0.25, -0.2) is 14.9 Å². The maximum Gasteiger partial charge on any atom is 0.328 e. The molecule has 0 bridgehead atoms. The number of nitrogens with zero attached hydrogens (tertiary/aromatic N) is 3. The largest absolute Gasteiger partial charge is 0.494 e. The van der Waals surface area contributed by atoms with Crippen molar-refractivity contribution >= 4 is 12.2 Å². The lowest BCUT2D eigenvalue weighted by Crippen LogP contribution is -2.24. The second-order valence-electron chi connectivity index (χ2n) is 2.74. The van der Waals surface area contributed by atoms with Crippen LogP contribution in [0.2, 0.25) is 0 Å². The molecule has 0 spiro atoms. The van der Waals surface area contributed by atoms with Crippen LogP contribution in [0.3, 0.4) is 0 Å². The first kappa shape index (κ1) is 9.83. The van der Waals surface area contributed by atoms with E-state index in [-0.39, 0.29) is 11.5 Å². The van der Waals surface area contributed by atoms with Crippen molar-refractivity contribution < 1.29 is 5.11 Å². The SMILES string of the molecule is O=c1[nH]c(O)c(/C=N/c2ncn[nH]2)c(=O)[nH]1. The van der Waals surface area contributed by atoms with E-state index in [9.17, 15) is 14.7 Å². The molecular weight excluding hydrogens is 216 g/mol. The maximum absolute atomic E-state index is 11.2. The van der Waals surface area contributed by atoms with Crippen LogP contribution in [0.15, 0.2) is 20.9 Å². The van der Waals surface area contributed by atoms with Crippen molar-refractivity contribution in [3.05, 3.63) is 32.7 Å². The highest BCUT2D eigenvalue weighted by molar-refractivity contribution is 5.83. The number of rotatable bonds is 2. The zero-order valence-electron chi connectivity index (χ0n) is 7.76.